The molecule has 0 radical (unpaired) electrons. The van der Waals surface area contributed by atoms with Crippen LogP contribution in [0.1, 0.15) is 39.0 Å². The largest absolute Gasteiger partial charge is 0.311 e. The average molecular weight is 220 g/mol. The molecule has 1 aromatic heterocycles. The lowest BCUT2D eigenvalue weighted by Crippen LogP contribution is -2.29. The molecule has 0 aliphatic rings. The molecule has 0 amide bonds. The lowest BCUT2D eigenvalue weighted by molar-refractivity contribution is 0.252. The van der Waals surface area contributed by atoms with Crippen LogP contribution in [0.4, 0.5) is 0 Å². The zero-order valence-electron chi connectivity index (χ0n) is 11.2. The number of hydrogen-bond acceptors (Lipinski definition) is 2. The second kappa shape index (κ2) is 5.44. The van der Waals surface area contributed by atoms with Crippen molar-refractivity contribution in [2.45, 2.75) is 41.2 Å². The predicted octanol–water partition coefficient (Wildman–Crippen LogP) is 3.16. The summed E-state index contributed by atoms with van der Waals surface area (Å²) in [7, 11) is 0. The Balaban J connectivity index is 2.33. The van der Waals surface area contributed by atoms with Gasteiger partial charge in [0.2, 0.25) is 0 Å². The van der Waals surface area contributed by atoms with Gasteiger partial charge < -0.3 is 5.32 Å². The Morgan fingerprint density at radius 3 is 2.50 bits per heavy atom. The van der Waals surface area contributed by atoms with Gasteiger partial charge in [-0.3, -0.25) is 4.98 Å². The first kappa shape index (κ1) is 13.2. The van der Waals surface area contributed by atoms with Crippen molar-refractivity contribution in [3.8, 4) is 0 Å². The number of hydrogen-bond donors (Lipinski definition) is 1. The third-order valence-corrected chi connectivity index (χ3v) is 3.21. The van der Waals surface area contributed by atoms with Crippen molar-refractivity contribution in [1.82, 2.24) is 10.3 Å². The van der Waals surface area contributed by atoms with Crippen molar-refractivity contribution < 1.29 is 0 Å². The van der Waals surface area contributed by atoms with E-state index in [0.29, 0.717) is 11.3 Å². The van der Waals surface area contributed by atoms with E-state index >= 15 is 0 Å². The van der Waals surface area contributed by atoms with Crippen LogP contribution in [0.15, 0.2) is 18.3 Å². The minimum atomic E-state index is 0.369. The van der Waals surface area contributed by atoms with E-state index in [4.69, 9.17) is 0 Å². The number of nitrogens with zero attached hydrogens (tertiary/aromatic N) is 1. The van der Waals surface area contributed by atoms with Crippen molar-refractivity contribution >= 4 is 0 Å². The first-order valence-corrected chi connectivity index (χ1v) is 6.02. The molecular weight excluding hydrogens is 196 g/mol. The fraction of sp³-hybridized carbons (Fsp3) is 0.643. The summed E-state index contributed by atoms with van der Waals surface area (Å²) in [5.41, 5.74) is 2.70. The molecule has 1 heterocycles. The minimum Gasteiger partial charge on any atom is -0.311 e. The Bertz CT molecular complexity index is 309. The van der Waals surface area contributed by atoms with Gasteiger partial charge in [-0.1, -0.05) is 33.8 Å². The number of aryl methyl sites for hydroxylation is 1. The lowest BCUT2D eigenvalue weighted by atomic mass is 9.82. The average Bonchev–Trinajstić information content (AvgIpc) is 2.19. The summed E-state index contributed by atoms with van der Waals surface area (Å²) in [5, 5.41) is 3.46. The van der Waals surface area contributed by atoms with Gasteiger partial charge in [-0.15, -0.1) is 0 Å². The molecule has 0 aliphatic carbocycles. The van der Waals surface area contributed by atoms with E-state index in [1.165, 1.54) is 5.56 Å². The van der Waals surface area contributed by atoms with Crippen LogP contribution in [0, 0.1) is 18.3 Å². The summed E-state index contributed by atoms with van der Waals surface area (Å²) in [6.45, 7) is 13.1. The summed E-state index contributed by atoms with van der Waals surface area (Å²) in [5.74, 6) is 0.665. The molecule has 1 rings (SSSR count). The van der Waals surface area contributed by atoms with Crippen LogP contribution in [0.5, 0.6) is 0 Å². The minimum absolute atomic E-state index is 0.369. The Morgan fingerprint density at radius 2 is 2.00 bits per heavy atom. The molecule has 1 aromatic rings. The van der Waals surface area contributed by atoms with E-state index in [-0.39, 0.29) is 0 Å². The van der Waals surface area contributed by atoms with Crippen LogP contribution >= 0.6 is 0 Å². The van der Waals surface area contributed by atoms with Crippen molar-refractivity contribution in [1.29, 1.82) is 0 Å². The lowest BCUT2D eigenvalue weighted by Gasteiger charge is -2.27. The maximum atomic E-state index is 4.37. The molecule has 0 saturated carbocycles. The third-order valence-electron chi connectivity index (χ3n) is 3.21. The molecule has 0 bridgehead atoms. The molecular formula is C14H24N2. The Morgan fingerprint density at radius 1 is 1.31 bits per heavy atom. The van der Waals surface area contributed by atoms with Gasteiger partial charge in [0.1, 0.15) is 0 Å². The van der Waals surface area contributed by atoms with Gasteiger partial charge in [0.05, 0.1) is 5.69 Å². The number of nitrogens with one attached hydrogen (secondary N) is 1. The maximum absolute atomic E-state index is 4.37. The van der Waals surface area contributed by atoms with E-state index in [9.17, 15) is 0 Å². The third kappa shape index (κ3) is 4.31. The predicted molar refractivity (Wildman–Crippen MR) is 69.3 cm³/mol. The monoisotopic (exact) mass is 220 g/mol. The number of rotatable bonds is 4. The summed E-state index contributed by atoms with van der Waals surface area (Å²) in [6, 6.07) is 4.20. The molecule has 0 fully saturated rings. The van der Waals surface area contributed by atoms with Crippen LogP contribution in [0.2, 0.25) is 0 Å². The second-order valence-electron chi connectivity index (χ2n) is 5.72. The molecule has 1 unspecified atom stereocenters. The summed E-state index contributed by atoms with van der Waals surface area (Å²) in [6.07, 6.45) is 1.92. The van der Waals surface area contributed by atoms with Gasteiger partial charge in [0.15, 0.2) is 0 Å². The molecule has 1 N–H and O–H groups in total. The molecule has 2 nitrogen and oxygen atoms in total. The van der Waals surface area contributed by atoms with Gasteiger partial charge in [-0.05, 0) is 36.4 Å². The first-order valence-electron chi connectivity index (χ1n) is 6.02. The quantitative estimate of drug-likeness (QED) is 0.843. The Hall–Kier alpha value is -0.890. The molecule has 90 valence electrons. The molecule has 0 spiro atoms. The Kier molecular flexibility index (Phi) is 4.48. The zero-order valence-corrected chi connectivity index (χ0v) is 11.2. The van der Waals surface area contributed by atoms with E-state index < -0.39 is 0 Å². The molecule has 2 heteroatoms. The molecule has 16 heavy (non-hydrogen) atoms. The topological polar surface area (TPSA) is 24.9 Å². The van der Waals surface area contributed by atoms with Gasteiger partial charge >= 0.3 is 0 Å². The smallest absolute Gasteiger partial charge is 0.0541 e. The highest BCUT2D eigenvalue weighted by Crippen LogP contribution is 2.24. The van der Waals surface area contributed by atoms with Gasteiger partial charge in [-0.2, -0.15) is 0 Å². The molecule has 0 aliphatic heterocycles. The van der Waals surface area contributed by atoms with Crippen LogP contribution < -0.4 is 5.32 Å². The van der Waals surface area contributed by atoms with Crippen molar-refractivity contribution in [3.63, 3.8) is 0 Å². The van der Waals surface area contributed by atoms with Gasteiger partial charge in [0, 0.05) is 12.7 Å². The van der Waals surface area contributed by atoms with Crippen LogP contribution in [-0.2, 0) is 6.54 Å². The molecule has 0 aromatic carbocycles. The summed E-state index contributed by atoms with van der Waals surface area (Å²) in [4.78, 5) is 4.37. The highest BCUT2D eigenvalue weighted by molar-refractivity contribution is 5.11. The fourth-order valence-corrected chi connectivity index (χ4v) is 1.33. The number of aromatic nitrogens is 1. The maximum Gasteiger partial charge on any atom is 0.0541 e. The molecule has 0 saturated heterocycles. The number of pyridine rings is 1. The highest BCUT2D eigenvalue weighted by atomic mass is 14.9. The standard InChI is InChI=1S/C14H24N2/c1-11-6-7-13(16-8-11)10-15-9-12(2)14(3,4)5/h6-8,12,15H,9-10H2,1-5H3. The SMILES string of the molecule is Cc1ccc(CNCC(C)C(C)(C)C)nc1. The summed E-state index contributed by atoms with van der Waals surface area (Å²) < 4.78 is 0. The summed E-state index contributed by atoms with van der Waals surface area (Å²) >= 11 is 0. The van der Waals surface area contributed by atoms with Crippen molar-refractivity contribution in [2.24, 2.45) is 11.3 Å². The van der Waals surface area contributed by atoms with Gasteiger partial charge in [-0.25, -0.2) is 0 Å². The molecule has 1 atom stereocenters. The van der Waals surface area contributed by atoms with E-state index in [0.717, 1.165) is 18.8 Å². The van der Waals surface area contributed by atoms with Crippen LogP contribution in [0.25, 0.3) is 0 Å². The van der Waals surface area contributed by atoms with Gasteiger partial charge in [0.25, 0.3) is 0 Å². The van der Waals surface area contributed by atoms with E-state index in [1.54, 1.807) is 0 Å². The first-order chi connectivity index (χ1) is 7.39. The van der Waals surface area contributed by atoms with Crippen LogP contribution in [-0.4, -0.2) is 11.5 Å². The second-order valence-corrected chi connectivity index (χ2v) is 5.72. The van der Waals surface area contributed by atoms with Crippen molar-refractivity contribution in [2.75, 3.05) is 6.54 Å². The van der Waals surface area contributed by atoms with Crippen molar-refractivity contribution in [3.05, 3.63) is 29.6 Å². The Labute approximate surface area is 99.5 Å². The van der Waals surface area contributed by atoms with E-state index in [1.807, 2.05) is 6.20 Å². The zero-order chi connectivity index (χ0) is 12.2. The highest BCUT2D eigenvalue weighted by Gasteiger charge is 2.19. The normalized spacial score (nSPS) is 13.8. The van der Waals surface area contributed by atoms with E-state index in [2.05, 4.69) is 57.1 Å². The van der Waals surface area contributed by atoms with Crippen LogP contribution in [0.3, 0.4) is 0 Å². The fourth-order valence-electron chi connectivity index (χ4n) is 1.33.